The van der Waals surface area contributed by atoms with Gasteiger partial charge in [0, 0.05) is 68.2 Å². The van der Waals surface area contributed by atoms with Gasteiger partial charge in [0.15, 0.2) is 0 Å². The molecule has 0 bridgehead atoms. The van der Waals surface area contributed by atoms with E-state index in [1.165, 1.54) is 6.07 Å². The van der Waals surface area contributed by atoms with E-state index < -0.39 is 11.7 Å². The SMILES string of the molecule is O=C(CCc1ccc(-c2cnc3[nH]ccc3c2)cc1)Nc1ccc(CN2CCNCC2)c(C(F)(F)F)c1. The first-order valence-corrected chi connectivity index (χ1v) is 12.3. The summed E-state index contributed by atoms with van der Waals surface area (Å²) in [6, 6.07) is 16.0. The highest BCUT2D eigenvalue weighted by atomic mass is 19.4. The van der Waals surface area contributed by atoms with Gasteiger partial charge < -0.3 is 15.6 Å². The number of hydrogen-bond acceptors (Lipinski definition) is 4. The number of fused-ring (bicyclic) bond motifs is 1. The summed E-state index contributed by atoms with van der Waals surface area (Å²) in [4.78, 5) is 22.0. The monoisotopic (exact) mass is 507 g/mol. The summed E-state index contributed by atoms with van der Waals surface area (Å²) in [6.45, 7) is 3.17. The van der Waals surface area contributed by atoms with Gasteiger partial charge in [-0.1, -0.05) is 30.3 Å². The molecule has 6 nitrogen and oxygen atoms in total. The number of hydrogen-bond donors (Lipinski definition) is 3. The first-order valence-electron chi connectivity index (χ1n) is 12.3. The Kier molecular flexibility index (Phi) is 7.25. The molecule has 1 aliphatic heterocycles. The number of carbonyl (C=O) groups excluding carboxylic acids is 1. The molecule has 0 aliphatic carbocycles. The highest BCUT2D eigenvalue weighted by Gasteiger charge is 2.34. The average Bonchev–Trinajstić information content (AvgIpc) is 3.37. The fourth-order valence-corrected chi connectivity index (χ4v) is 4.61. The molecule has 1 saturated heterocycles. The number of anilines is 1. The molecular formula is C28H28F3N5O. The Morgan fingerprint density at radius 2 is 1.78 bits per heavy atom. The molecule has 3 heterocycles. The van der Waals surface area contributed by atoms with E-state index in [9.17, 15) is 18.0 Å². The van der Waals surface area contributed by atoms with Crippen LogP contribution in [0.4, 0.5) is 18.9 Å². The molecule has 2 aromatic heterocycles. The van der Waals surface area contributed by atoms with Crippen LogP contribution in [0.2, 0.25) is 0 Å². The lowest BCUT2D eigenvalue weighted by atomic mass is 10.0. The zero-order valence-electron chi connectivity index (χ0n) is 20.2. The average molecular weight is 508 g/mol. The van der Waals surface area contributed by atoms with Crippen molar-refractivity contribution in [2.45, 2.75) is 25.6 Å². The summed E-state index contributed by atoms with van der Waals surface area (Å²) >= 11 is 0. The van der Waals surface area contributed by atoms with E-state index in [0.29, 0.717) is 19.5 Å². The van der Waals surface area contributed by atoms with Gasteiger partial charge in [-0.05, 0) is 47.4 Å². The van der Waals surface area contributed by atoms with Crippen LogP contribution in [-0.2, 0) is 23.9 Å². The number of aryl methyl sites for hydroxylation is 1. The molecule has 37 heavy (non-hydrogen) atoms. The minimum Gasteiger partial charge on any atom is -0.346 e. The molecule has 1 fully saturated rings. The zero-order valence-corrected chi connectivity index (χ0v) is 20.2. The maximum atomic E-state index is 13.8. The van der Waals surface area contributed by atoms with Gasteiger partial charge in [-0.2, -0.15) is 13.2 Å². The van der Waals surface area contributed by atoms with E-state index in [0.717, 1.165) is 46.9 Å². The van der Waals surface area contributed by atoms with E-state index >= 15 is 0 Å². The van der Waals surface area contributed by atoms with Crippen molar-refractivity contribution in [1.29, 1.82) is 0 Å². The third kappa shape index (κ3) is 6.18. The normalized spacial score (nSPS) is 14.7. The minimum atomic E-state index is -4.49. The van der Waals surface area contributed by atoms with Crippen molar-refractivity contribution in [1.82, 2.24) is 20.2 Å². The summed E-state index contributed by atoms with van der Waals surface area (Å²) in [7, 11) is 0. The lowest BCUT2D eigenvalue weighted by molar-refractivity contribution is -0.138. The van der Waals surface area contributed by atoms with Gasteiger partial charge in [0.1, 0.15) is 5.65 Å². The van der Waals surface area contributed by atoms with Gasteiger partial charge in [0.25, 0.3) is 0 Å². The fraction of sp³-hybridized carbons (Fsp3) is 0.286. The molecule has 2 aromatic carbocycles. The molecule has 3 N–H and O–H groups in total. The Morgan fingerprint density at radius 3 is 2.54 bits per heavy atom. The van der Waals surface area contributed by atoms with Gasteiger partial charge in [-0.25, -0.2) is 4.98 Å². The topological polar surface area (TPSA) is 73.0 Å². The van der Waals surface area contributed by atoms with Crippen LogP contribution in [0.5, 0.6) is 0 Å². The Balaban J connectivity index is 1.20. The molecule has 9 heteroatoms. The third-order valence-electron chi connectivity index (χ3n) is 6.63. The van der Waals surface area contributed by atoms with Gasteiger partial charge in [-0.3, -0.25) is 9.69 Å². The van der Waals surface area contributed by atoms with Crippen LogP contribution in [0.1, 0.15) is 23.1 Å². The number of carbonyl (C=O) groups is 1. The minimum absolute atomic E-state index is 0.157. The van der Waals surface area contributed by atoms with Crippen LogP contribution in [0.3, 0.4) is 0 Å². The van der Waals surface area contributed by atoms with Crippen molar-refractivity contribution in [2.24, 2.45) is 0 Å². The summed E-state index contributed by atoms with van der Waals surface area (Å²) in [5.74, 6) is -0.325. The predicted molar refractivity (Wildman–Crippen MR) is 138 cm³/mol. The van der Waals surface area contributed by atoms with Crippen LogP contribution >= 0.6 is 0 Å². The summed E-state index contributed by atoms with van der Waals surface area (Å²) in [6.07, 6.45) is -0.186. The molecule has 4 aromatic rings. The molecule has 0 radical (unpaired) electrons. The molecule has 0 saturated carbocycles. The second kappa shape index (κ2) is 10.7. The second-order valence-corrected chi connectivity index (χ2v) is 9.28. The number of halogens is 3. The van der Waals surface area contributed by atoms with Gasteiger partial charge in [0.05, 0.1) is 5.56 Å². The number of rotatable bonds is 7. The van der Waals surface area contributed by atoms with Crippen LogP contribution in [0, 0.1) is 0 Å². The summed E-state index contributed by atoms with van der Waals surface area (Å²) < 4.78 is 41.3. The molecule has 1 aliphatic rings. The Bertz CT molecular complexity index is 1370. The van der Waals surface area contributed by atoms with Gasteiger partial charge in [0.2, 0.25) is 5.91 Å². The van der Waals surface area contributed by atoms with E-state index in [-0.39, 0.29) is 30.1 Å². The molecular weight excluding hydrogens is 479 g/mol. The third-order valence-corrected chi connectivity index (χ3v) is 6.63. The van der Waals surface area contributed by atoms with Gasteiger partial charge in [-0.15, -0.1) is 0 Å². The van der Waals surface area contributed by atoms with E-state index in [2.05, 4.69) is 26.7 Å². The van der Waals surface area contributed by atoms with Crippen molar-refractivity contribution < 1.29 is 18.0 Å². The van der Waals surface area contributed by atoms with Gasteiger partial charge >= 0.3 is 6.18 Å². The molecule has 1 amide bonds. The molecule has 5 rings (SSSR count). The number of pyridine rings is 1. The maximum absolute atomic E-state index is 13.8. The van der Waals surface area contributed by atoms with Crippen LogP contribution in [-0.4, -0.2) is 47.0 Å². The summed E-state index contributed by atoms with van der Waals surface area (Å²) in [5.41, 5.74) is 3.50. The Morgan fingerprint density at radius 1 is 1.00 bits per heavy atom. The zero-order chi connectivity index (χ0) is 25.8. The first-order chi connectivity index (χ1) is 17.8. The second-order valence-electron chi connectivity index (χ2n) is 9.28. The largest absolute Gasteiger partial charge is 0.416 e. The Labute approximate surface area is 212 Å². The molecule has 0 atom stereocenters. The van der Waals surface area contributed by atoms with E-state index in [1.807, 2.05) is 47.6 Å². The quantitative estimate of drug-likeness (QED) is 0.321. The highest BCUT2D eigenvalue weighted by Crippen LogP contribution is 2.34. The summed E-state index contributed by atoms with van der Waals surface area (Å²) in [5, 5.41) is 6.86. The van der Waals surface area contributed by atoms with Crippen LogP contribution in [0.15, 0.2) is 67.0 Å². The van der Waals surface area contributed by atoms with Crippen molar-refractivity contribution in [3.63, 3.8) is 0 Å². The first kappa shape index (κ1) is 25.0. The van der Waals surface area contributed by atoms with E-state index in [4.69, 9.17) is 0 Å². The lowest BCUT2D eigenvalue weighted by Crippen LogP contribution is -2.43. The Hall–Kier alpha value is -3.69. The van der Waals surface area contributed by atoms with Crippen molar-refractivity contribution >= 4 is 22.6 Å². The smallest absolute Gasteiger partial charge is 0.346 e. The fourth-order valence-electron chi connectivity index (χ4n) is 4.61. The van der Waals surface area contributed by atoms with Crippen molar-refractivity contribution in [2.75, 3.05) is 31.5 Å². The van der Waals surface area contributed by atoms with Crippen molar-refractivity contribution in [3.8, 4) is 11.1 Å². The number of aromatic nitrogens is 2. The number of aromatic amines is 1. The lowest BCUT2D eigenvalue weighted by Gasteiger charge is -2.28. The molecule has 192 valence electrons. The van der Waals surface area contributed by atoms with Crippen LogP contribution in [0.25, 0.3) is 22.2 Å². The number of alkyl halides is 3. The number of nitrogens with one attached hydrogen (secondary N) is 3. The van der Waals surface area contributed by atoms with Crippen LogP contribution < -0.4 is 10.6 Å². The molecule has 0 unspecified atom stereocenters. The standard InChI is InChI=1S/C28H28F3N5O/c29-28(30,31)25-16-24(7-6-22(25)18-36-13-11-32-12-14-36)35-26(37)8-3-19-1-4-20(5-2-19)23-15-21-9-10-33-27(21)34-17-23/h1-2,4-7,9-10,15-17,32H,3,8,11-14,18H2,(H,33,34)(H,35,37). The number of amides is 1. The van der Waals surface area contributed by atoms with E-state index in [1.54, 1.807) is 6.07 Å². The number of H-pyrrole nitrogens is 1. The maximum Gasteiger partial charge on any atom is 0.416 e. The number of nitrogens with zero attached hydrogens (tertiary/aromatic N) is 2. The van der Waals surface area contributed by atoms with Crippen molar-refractivity contribution in [3.05, 3.63) is 83.7 Å². The number of piperazine rings is 1. The molecule has 0 spiro atoms. The highest BCUT2D eigenvalue weighted by molar-refractivity contribution is 5.91. The predicted octanol–water partition coefficient (Wildman–Crippen LogP) is 5.23. The number of benzene rings is 2.